The van der Waals surface area contributed by atoms with Gasteiger partial charge < -0.3 is 20.9 Å². The second kappa shape index (κ2) is 9.50. The smallest absolute Gasteiger partial charge is 0.143 e. The summed E-state index contributed by atoms with van der Waals surface area (Å²) in [5, 5.41) is 0. The molecule has 0 radical (unpaired) electrons. The van der Waals surface area contributed by atoms with Gasteiger partial charge in [-0.25, -0.2) is 0 Å². The largest absolute Gasteiger partial charge is 0.489 e. The quantitative estimate of drug-likeness (QED) is 0.729. The van der Waals surface area contributed by atoms with E-state index < -0.39 is 0 Å². The maximum absolute atomic E-state index is 5.97. The van der Waals surface area contributed by atoms with E-state index in [2.05, 4.69) is 0 Å². The van der Waals surface area contributed by atoms with Crippen molar-refractivity contribution in [3.05, 3.63) is 36.4 Å². The van der Waals surface area contributed by atoms with Gasteiger partial charge in [0.25, 0.3) is 0 Å². The van der Waals surface area contributed by atoms with Gasteiger partial charge in [-0.05, 0) is 63.1 Å². The molecule has 0 amide bonds. The predicted octanol–water partition coefficient (Wildman–Crippen LogP) is 4.94. The van der Waals surface area contributed by atoms with Crippen molar-refractivity contribution in [1.29, 1.82) is 0 Å². The Kier molecular flexibility index (Phi) is 8.80. The molecule has 2 rings (SSSR count). The van der Waals surface area contributed by atoms with Crippen LogP contribution in [-0.2, 0) is 0 Å². The van der Waals surface area contributed by atoms with Crippen LogP contribution in [0.4, 0.5) is 11.4 Å². The highest BCUT2D eigenvalue weighted by atomic mass is 35.5. The molecule has 4 N–H and O–H groups in total. The SMILES string of the molecule is CC(C)Oc1cc(-c2ccc(N)c(OC(C)C)c2)ccc1N.Cl.Cl. The number of hydrogen-bond donors (Lipinski definition) is 2. The van der Waals surface area contributed by atoms with Gasteiger partial charge in [-0.15, -0.1) is 24.8 Å². The lowest BCUT2D eigenvalue weighted by molar-refractivity contribution is 0.243. The molecule has 0 atom stereocenters. The molecule has 6 heteroatoms. The van der Waals surface area contributed by atoms with E-state index >= 15 is 0 Å². The standard InChI is InChI=1S/C18H24N2O2.2ClH/c1-11(2)21-17-9-13(5-7-15(17)19)14-6-8-16(20)18(10-14)22-12(3)4;;/h5-12H,19-20H2,1-4H3;2*1H. The summed E-state index contributed by atoms with van der Waals surface area (Å²) in [6.45, 7) is 7.90. The van der Waals surface area contributed by atoms with Crippen LogP contribution < -0.4 is 20.9 Å². The summed E-state index contributed by atoms with van der Waals surface area (Å²) in [4.78, 5) is 0. The third-order valence-corrected chi connectivity index (χ3v) is 3.09. The van der Waals surface area contributed by atoms with E-state index in [1.165, 1.54) is 0 Å². The summed E-state index contributed by atoms with van der Waals surface area (Å²) < 4.78 is 11.5. The molecule has 4 nitrogen and oxygen atoms in total. The summed E-state index contributed by atoms with van der Waals surface area (Å²) in [6, 6.07) is 11.5. The third-order valence-electron chi connectivity index (χ3n) is 3.09. The highest BCUT2D eigenvalue weighted by Gasteiger charge is 2.09. The molecule has 0 aliphatic carbocycles. The lowest BCUT2D eigenvalue weighted by atomic mass is 10.0. The number of nitrogens with two attached hydrogens (primary N) is 2. The van der Waals surface area contributed by atoms with Gasteiger partial charge in [-0.2, -0.15) is 0 Å². The zero-order valence-corrected chi connectivity index (χ0v) is 16.0. The van der Waals surface area contributed by atoms with Crippen molar-refractivity contribution in [1.82, 2.24) is 0 Å². The van der Waals surface area contributed by atoms with Gasteiger partial charge in [0.15, 0.2) is 0 Å². The molecule has 0 fully saturated rings. The molecule has 0 saturated heterocycles. The first-order valence-electron chi connectivity index (χ1n) is 7.49. The minimum absolute atomic E-state index is 0. The van der Waals surface area contributed by atoms with Gasteiger partial charge in [0.1, 0.15) is 11.5 Å². The molecule has 0 bridgehead atoms. The molecule has 0 heterocycles. The van der Waals surface area contributed by atoms with Crippen molar-refractivity contribution in [3.8, 4) is 22.6 Å². The lowest BCUT2D eigenvalue weighted by Gasteiger charge is -2.15. The van der Waals surface area contributed by atoms with Crippen LogP contribution in [0.5, 0.6) is 11.5 Å². The molecule has 0 aromatic heterocycles. The van der Waals surface area contributed by atoms with Crippen LogP contribution in [0.2, 0.25) is 0 Å². The summed E-state index contributed by atoms with van der Waals surface area (Å²) in [6.07, 6.45) is 0.146. The summed E-state index contributed by atoms with van der Waals surface area (Å²) in [7, 11) is 0. The fourth-order valence-electron chi connectivity index (χ4n) is 2.14. The Morgan fingerprint density at radius 3 is 1.29 bits per heavy atom. The molecular weight excluding hydrogens is 347 g/mol. The van der Waals surface area contributed by atoms with E-state index in [1.807, 2.05) is 64.1 Å². The summed E-state index contributed by atoms with van der Waals surface area (Å²) in [5.41, 5.74) is 15.2. The Bertz CT molecular complexity index is 604. The highest BCUT2D eigenvalue weighted by Crippen LogP contribution is 2.33. The number of halogens is 2. The van der Waals surface area contributed by atoms with E-state index in [4.69, 9.17) is 20.9 Å². The molecule has 0 aliphatic heterocycles. The molecule has 24 heavy (non-hydrogen) atoms. The highest BCUT2D eigenvalue weighted by molar-refractivity contribution is 5.85. The van der Waals surface area contributed by atoms with Gasteiger partial charge >= 0.3 is 0 Å². The number of rotatable bonds is 5. The molecule has 2 aromatic rings. The van der Waals surface area contributed by atoms with Gasteiger partial charge in [0.2, 0.25) is 0 Å². The fraction of sp³-hybridized carbons (Fsp3) is 0.333. The minimum Gasteiger partial charge on any atom is -0.489 e. The minimum atomic E-state index is 0. The van der Waals surface area contributed by atoms with Crippen LogP contribution in [0.3, 0.4) is 0 Å². The van der Waals surface area contributed by atoms with Crippen molar-refractivity contribution in [2.45, 2.75) is 39.9 Å². The Balaban J connectivity index is 0.00000264. The van der Waals surface area contributed by atoms with Gasteiger partial charge in [0.05, 0.1) is 23.6 Å². The van der Waals surface area contributed by atoms with Crippen LogP contribution in [0, 0.1) is 0 Å². The van der Waals surface area contributed by atoms with Gasteiger partial charge in [-0.1, -0.05) is 12.1 Å². The van der Waals surface area contributed by atoms with Crippen LogP contribution in [-0.4, -0.2) is 12.2 Å². The number of nitrogen functional groups attached to an aromatic ring is 2. The van der Waals surface area contributed by atoms with Crippen molar-refractivity contribution in [2.24, 2.45) is 0 Å². The first kappa shape index (κ1) is 22.2. The number of benzene rings is 2. The zero-order chi connectivity index (χ0) is 16.3. The van der Waals surface area contributed by atoms with E-state index in [0.717, 1.165) is 11.1 Å². The normalized spacial score (nSPS) is 10.1. The van der Waals surface area contributed by atoms with Crippen LogP contribution >= 0.6 is 24.8 Å². The molecule has 0 aliphatic rings. The third kappa shape index (κ3) is 5.69. The average Bonchev–Trinajstić information content (AvgIpc) is 2.43. The maximum Gasteiger partial charge on any atom is 0.143 e. The van der Waals surface area contributed by atoms with Gasteiger partial charge in [0, 0.05) is 0 Å². The van der Waals surface area contributed by atoms with E-state index in [0.29, 0.717) is 22.9 Å². The van der Waals surface area contributed by atoms with Gasteiger partial charge in [-0.3, -0.25) is 0 Å². The summed E-state index contributed by atoms with van der Waals surface area (Å²) >= 11 is 0. The van der Waals surface area contributed by atoms with Crippen LogP contribution in [0.1, 0.15) is 27.7 Å². The fourth-order valence-corrected chi connectivity index (χ4v) is 2.14. The second-order valence-electron chi connectivity index (χ2n) is 5.84. The molecular formula is C18H26Cl2N2O2. The lowest BCUT2D eigenvalue weighted by Crippen LogP contribution is -2.08. The molecule has 2 aromatic carbocycles. The Morgan fingerprint density at radius 1 is 0.667 bits per heavy atom. The van der Waals surface area contributed by atoms with E-state index in [1.54, 1.807) is 0 Å². The number of hydrogen-bond acceptors (Lipinski definition) is 4. The Labute approximate surface area is 156 Å². The van der Waals surface area contributed by atoms with Crippen LogP contribution in [0.15, 0.2) is 36.4 Å². The van der Waals surface area contributed by atoms with Crippen LogP contribution in [0.25, 0.3) is 11.1 Å². The summed E-state index contributed by atoms with van der Waals surface area (Å²) in [5.74, 6) is 1.38. The Hall–Kier alpha value is -1.78. The second-order valence-corrected chi connectivity index (χ2v) is 5.84. The van der Waals surface area contributed by atoms with E-state index in [9.17, 15) is 0 Å². The first-order valence-corrected chi connectivity index (χ1v) is 7.49. The van der Waals surface area contributed by atoms with E-state index in [-0.39, 0.29) is 37.0 Å². The van der Waals surface area contributed by atoms with Crippen molar-refractivity contribution in [2.75, 3.05) is 11.5 Å². The molecule has 0 unspecified atom stereocenters. The van der Waals surface area contributed by atoms with Crippen molar-refractivity contribution in [3.63, 3.8) is 0 Å². The molecule has 0 saturated carbocycles. The Morgan fingerprint density at radius 2 is 1.00 bits per heavy atom. The number of ether oxygens (including phenoxy) is 2. The predicted molar refractivity (Wildman–Crippen MR) is 107 cm³/mol. The van der Waals surface area contributed by atoms with Crippen molar-refractivity contribution >= 4 is 36.2 Å². The monoisotopic (exact) mass is 372 g/mol. The molecule has 134 valence electrons. The molecule has 0 spiro atoms. The zero-order valence-electron chi connectivity index (χ0n) is 14.4. The number of anilines is 2. The topological polar surface area (TPSA) is 70.5 Å². The maximum atomic E-state index is 5.97. The first-order chi connectivity index (χ1) is 10.4. The van der Waals surface area contributed by atoms with Crippen molar-refractivity contribution < 1.29 is 9.47 Å². The average molecular weight is 373 g/mol.